The van der Waals surface area contributed by atoms with Crippen LogP contribution in [0.5, 0.6) is 0 Å². The van der Waals surface area contributed by atoms with Crippen LogP contribution in [0.25, 0.3) is 0 Å². The van der Waals surface area contributed by atoms with Gasteiger partial charge in [0.15, 0.2) is 0 Å². The van der Waals surface area contributed by atoms with Crippen molar-refractivity contribution >= 4 is 5.97 Å². The minimum absolute atomic E-state index is 0.245. The summed E-state index contributed by atoms with van der Waals surface area (Å²) in [6.07, 6.45) is 14.9. The number of hydrogen-bond acceptors (Lipinski definition) is 3. The summed E-state index contributed by atoms with van der Waals surface area (Å²) in [7, 11) is 3.43. The molecular formula is C17H33NO2. The summed E-state index contributed by atoms with van der Waals surface area (Å²) in [6.45, 7) is 4.07. The maximum absolute atomic E-state index is 11.5. The van der Waals surface area contributed by atoms with E-state index in [-0.39, 0.29) is 5.97 Å². The lowest BCUT2D eigenvalue weighted by Gasteiger charge is -2.09. The van der Waals surface area contributed by atoms with Crippen molar-refractivity contribution in [1.29, 1.82) is 0 Å². The molecule has 0 unspecified atom stereocenters. The van der Waals surface area contributed by atoms with Crippen molar-refractivity contribution < 1.29 is 9.63 Å². The van der Waals surface area contributed by atoms with Gasteiger partial charge in [0.25, 0.3) is 0 Å². The second-order valence-corrected chi connectivity index (χ2v) is 5.70. The third kappa shape index (κ3) is 12.2. The third-order valence-electron chi connectivity index (χ3n) is 3.35. The molecule has 0 fully saturated rings. The van der Waals surface area contributed by atoms with E-state index in [1.54, 1.807) is 14.1 Å². The van der Waals surface area contributed by atoms with Crippen LogP contribution in [0.15, 0.2) is 11.6 Å². The average Bonchev–Trinajstić information content (AvgIpc) is 2.39. The Hall–Kier alpha value is -0.830. The first-order chi connectivity index (χ1) is 9.57. The number of allylic oxidation sites excluding steroid dienone is 1. The van der Waals surface area contributed by atoms with E-state index in [1.807, 2.05) is 13.0 Å². The van der Waals surface area contributed by atoms with E-state index in [0.29, 0.717) is 5.57 Å². The molecule has 0 rings (SSSR count). The summed E-state index contributed by atoms with van der Waals surface area (Å²) in [5, 5.41) is 1.43. The highest BCUT2D eigenvalue weighted by Crippen LogP contribution is 2.11. The van der Waals surface area contributed by atoms with Crippen LogP contribution < -0.4 is 0 Å². The van der Waals surface area contributed by atoms with Crippen LogP contribution >= 0.6 is 0 Å². The van der Waals surface area contributed by atoms with Gasteiger partial charge in [-0.1, -0.05) is 64.4 Å². The fourth-order valence-corrected chi connectivity index (χ4v) is 2.09. The lowest BCUT2D eigenvalue weighted by atomic mass is 10.1. The molecule has 3 nitrogen and oxygen atoms in total. The van der Waals surface area contributed by atoms with Crippen molar-refractivity contribution in [1.82, 2.24) is 5.06 Å². The lowest BCUT2D eigenvalue weighted by Crippen LogP contribution is -2.19. The van der Waals surface area contributed by atoms with Gasteiger partial charge in [0.2, 0.25) is 0 Å². The number of carbonyl (C=O) groups is 1. The number of carbonyl (C=O) groups excluding carboxylic acids is 1. The average molecular weight is 283 g/mol. The van der Waals surface area contributed by atoms with Gasteiger partial charge in [-0.25, -0.2) is 4.79 Å². The zero-order chi connectivity index (χ0) is 15.2. The zero-order valence-corrected chi connectivity index (χ0v) is 13.9. The summed E-state index contributed by atoms with van der Waals surface area (Å²) < 4.78 is 0. The highest BCUT2D eigenvalue weighted by atomic mass is 16.7. The standard InChI is InChI=1S/C17H33NO2/c1-5-6-7-8-9-10-11-12-13-14-15-16(2)17(19)20-18(3)4/h15H,5-14H2,1-4H3. The smallest absolute Gasteiger partial charge is 0.352 e. The molecule has 0 aromatic carbocycles. The van der Waals surface area contributed by atoms with E-state index in [1.165, 1.54) is 62.9 Å². The number of hydroxylamine groups is 2. The normalized spacial score (nSPS) is 11.9. The Bertz CT molecular complexity index is 272. The molecule has 3 heteroatoms. The molecule has 0 saturated heterocycles. The number of hydrogen-bond donors (Lipinski definition) is 0. The molecule has 20 heavy (non-hydrogen) atoms. The Labute approximate surface area is 125 Å². The molecular weight excluding hydrogens is 250 g/mol. The summed E-state index contributed by atoms with van der Waals surface area (Å²) >= 11 is 0. The Balaban J connectivity index is 3.44. The molecule has 118 valence electrons. The van der Waals surface area contributed by atoms with Crippen molar-refractivity contribution in [2.75, 3.05) is 14.1 Å². The Morgan fingerprint density at radius 3 is 1.95 bits per heavy atom. The predicted octanol–water partition coefficient (Wildman–Crippen LogP) is 4.87. The van der Waals surface area contributed by atoms with Crippen LogP contribution in [0.1, 0.15) is 78.1 Å². The van der Waals surface area contributed by atoms with Crippen molar-refractivity contribution in [2.45, 2.75) is 78.1 Å². The highest BCUT2D eigenvalue weighted by molar-refractivity contribution is 5.87. The summed E-state index contributed by atoms with van der Waals surface area (Å²) in [5.41, 5.74) is 0.707. The minimum atomic E-state index is -0.245. The van der Waals surface area contributed by atoms with E-state index in [9.17, 15) is 4.79 Å². The molecule has 0 spiro atoms. The second-order valence-electron chi connectivity index (χ2n) is 5.70. The molecule has 0 aliphatic rings. The monoisotopic (exact) mass is 283 g/mol. The van der Waals surface area contributed by atoms with E-state index >= 15 is 0 Å². The summed E-state index contributed by atoms with van der Waals surface area (Å²) in [5.74, 6) is -0.245. The van der Waals surface area contributed by atoms with Gasteiger partial charge in [-0.15, -0.1) is 5.06 Å². The van der Waals surface area contributed by atoms with Gasteiger partial charge in [-0.05, 0) is 19.8 Å². The quantitative estimate of drug-likeness (QED) is 0.290. The molecule has 0 saturated carbocycles. The van der Waals surface area contributed by atoms with Gasteiger partial charge in [-0.3, -0.25) is 0 Å². The molecule has 0 bridgehead atoms. The fourth-order valence-electron chi connectivity index (χ4n) is 2.09. The first-order valence-corrected chi connectivity index (χ1v) is 8.14. The molecule has 0 amide bonds. The third-order valence-corrected chi connectivity index (χ3v) is 3.35. The largest absolute Gasteiger partial charge is 0.365 e. The second kappa shape index (κ2) is 13.2. The van der Waals surface area contributed by atoms with Gasteiger partial charge in [-0.2, -0.15) is 0 Å². The van der Waals surface area contributed by atoms with Crippen molar-refractivity contribution in [3.05, 3.63) is 11.6 Å². The molecule has 0 aromatic rings. The Kier molecular flexibility index (Phi) is 12.6. The molecule has 0 aliphatic carbocycles. The molecule has 0 heterocycles. The topological polar surface area (TPSA) is 29.5 Å². The summed E-state index contributed by atoms with van der Waals surface area (Å²) in [4.78, 5) is 16.5. The maximum Gasteiger partial charge on any atom is 0.352 e. The van der Waals surface area contributed by atoms with E-state index in [4.69, 9.17) is 4.84 Å². The maximum atomic E-state index is 11.5. The van der Waals surface area contributed by atoms with E-state index in [0.717, 1.165) is 6.42 Å². The highest BCUT2D eigenvalue weighted by Gasteiger charge is 2.06. The number of rotatable bonds is 12. The molecule has 0 aliphatic heterocycles. The predicted molar refractivity (Wildman–Crippen MR) is 85.4 cm³/mol. The summed E-state index contributed by atoms with van der Waals surface area (Å²) in [6, 6.07) is 0. The van der Waals surface area contributed by atoms with Gasteiger partial charge < -0.3 is 4.84 Å². The Morgan fingerprint density at radius 2 is 1.45 bits per heavy atom. The van der Waals surface area contributed by atoms with Crippen LogP contribution in [-0.2, 0) is 9.63 Å². The molecule has 0 aromatic heterocycles. The molecule has 0 N–H and O–H groups in total. The fraction of sp³-hybridized carbons (Fsp3) is 0.824. The zero-order valence-electron chi connectivity index (χ0n) is 13.9. The molecule has 0 radical (unpaired) electrons. The minimum Gasteiger partial charge on any atom is -0.365 e. The van der Waals surface area contributed by atoms with Crippen molar-refractivity contribution in [3.63, 3.8) is 0 Å². The van der Waals surface area contributed by atoms with Crippen LogP contribution in [0, 0.1) is 0 Å². The van der Waals surface area contributed by atoms with E-state index in [2.05, 4.69) is 6.92 Å². The number of unbranched alkanes of at least 4 members (excludes halogenated alkanes) is 9. The lowest BCUT2D eigenvalue weighted by molar-refractivity contribution is -0.172. The first kappa shape index (κ1) is 19.2. The van der Waals surface area contributed by atoms with E-state index < -0.39 is 0 Å². The van der Waals surface area contributed by atoms with Gasteiger partial charge in [0, 0.05) is 19.7 Å². The van der Waals surface area contributed by atoms with Crippen molar-refractivity contribution in [2.24, 2.45) is 0 Å². The van der Waals surface area contributed by atoms with Crippen LogP contribution in [0.4, 0.5) is 0 Å². The van der Waals surface area contributed by atoms with Gasteiger partial charge in [0.05, 0.1) is 0 Å². The first-order valence-electron chi connectivity index (χ1n) is 8.14. The van der Waals surface area contributed by atoms with Crippen LogP contribution in [-0.4, -0.2) is 25.1 Å². The van der Waals surface area contributed by atoms with Crippen molar-refractivity contribution in [3.8, 4) is 0 Å². The Morgan fingerprint density at radius 1 is 0.950 bits per heavy atom. The SMILES string of the molecule is CCCCCCCCCCCC=C(C)C(=O)ON(C)C. The van der Waals surface area contributed by atoms with Crippen LogP contribution in [0.3, 0.4) is 0 Å². The van der Waals surface area contributed by atoms with Gasteiger partial charge in [0.1, 0.15) is 0 Å². The van der Waals surface area contributed by atoms with Gasteiger partial charge >= 0.3 is 5.97 Å². The number of nitrogens with zero attached hydrogens (tertiary/aromatic N) is 1. The molecule has 0 atom stereocenters. The van der Waals surface area contributed by atoms with Crippen LogP contribution in [0.2, 0.25) is 0 Å².